The van der Waals surface area contributed by atoms with Crippen LogP contribution in [-0.4, -0.2) is 0 Å². The lowest BCUT2D eigenvalue weighted by Gasteiger charge is -2.13. The summed E-state index contributed by atoms with van der Waals surface area (Å²) in [7, 11) is 0. The molecule has 0 amide bonds. The van der Waals surface area contributed by atoms with Gasteiger partial charge in [0.1, 0.15) is 11.6 Å². The number of hydrogen-bond donors (Lipinski definition) is 2. The normalized spacial score (nSPS) is 10.4. The second kappa shape index (κ2) is 4.60. The monoisotopic (exact) mass is 252 g/mol. The van der Waals surface area contributed by atoms with Gasteiger partial charge in [0.05, 0.1) is 17.1 Å². The molecule has 0 atom stereocenters. The third-order valence-electron chi connectivity index (χ3n) is 2.58. The van der Waals surface area contributed by atoms with Crippen LogP contribution in [0.4, 0.5) is 30.2 Å². The number of anilines is 3. The van der Waals surface area contributed by atoms with Gasteiger partial charge in [0.25, 0.3) is 0 Å². The summed E-state index contributed by atoms with van der Waals surface area (Å²) in [5.41, 5.74) is 5.98. The van der Waals surface area contributed by atoms with Crippen molar-refractivity contribution in [3.63, 3.8) is 0 Å². The van der Waals surface area contributed by atoms with Crippen LogP contribution in [0.5, 0.6) is 0 Å². The summed E-state index contributed by atoms with van der Waals surface area (Å²) in [6, 6.07) is 6.17. The first kappa shape index (κ1) is 12.3. The number of nitrogens with one attached hydrogen (secondary N) is 1. The Morgan fingerprint density at radius 1 is 1.06 bits per heavy atom. The predicted octanol–water partition coefficient (Wildman–Crippen LogP) is 3.74. The SMILES string of the molecule is Cc1cccc(F)c1Nc1cc(F)cc(F)c1N. The summed E-state index contributed by atoms with van der Waals surface area (Å²) < 4.78 is 39.9. The van der Waals surface area contributed by atoms with Gasteiger partial charge >= 0.3 is 0 Å². The smallest absolute Gasteiger partial charge is 0.151 e. The summed E-state index contributed by atoms with van der Waals surface area (Å²) in [4.78, 5) is 0. The first-order valence-electron chi connectivity index (χ1n) is 5.25. The molecule has 0 saturated heterocycles. The molecule has 0 fully saturated rings. The zero-order valence-electron chi connectivity index (χ0n) is 9.60. The minimum Gasteiger partial charge on any atom is -0.395 e. The predicted molar refractivity (Wildman–Crippen MR) is 65.2 cm³/mol. The maximum absolute atomic E-state index is 13.6. The number of hydrogen-bond acceptors (Lipinski definition) is 2. The van der Waals surface area contributed by atoms with Crippen molar-refractivity contribution in [2.75, 3.05) is 11.1 Å². The van der Waals surface area contributed by atoms with E-state index in [1.54, 1.807) is 19.1 Å². The van der Waals surface area contributed by atoms with E-state index in [0.717, 1.165) is 6.07 Å². The summed E-state index contributed by atoms with van der Waals surface area (Å²) in [6.45, 7) is 1.68. The van der Waals surface area contributed by atoms with Gasteiger partial charge < -0.3 is 11.1 Å². The summed E-state index contributed by atoms with van der Waals surface area (Å²) in [6.07, 6.45) is 0. The van der Waals surface area contributed by atoms with Gasteiger partial charge in [0, 0.05) is 6.07 Å². The molecule has 2 nitrogen and oxygen atoms in total. The number of benzene rings is 2. The fourth-order valence-electron chi connectivity index (χ4n) is 1.61. The quantitative estimate of drug-likeness (QED) is 0.799. The van der Waals surface area contributed by atoms with Crippen LogP contribution in [-0.2, 0) is 0 Å². The molecular formula is C13H11F3N2. The highest BCUT2D eigenvalue weighted by atomic mass is 19.1. The second-order valence-corrected chi connectivity index (χ2v) is 3.91. The first-order valence-corrected chi connectivity index (χ1v) is 5.25. The van der Waals surface area contributed by atoms with Crippen LogP contribution in [0.15, 0.2) is 30.3 Å². The molecule has 0 aliphatic carbocycles. The van der Waals surface area contributed by atoms with Crippen LogP contribution in [0, 0.1) is 24.4 Å². The van der Waals surface area contributed by atoms with E-state index in [0.29, 0.717) is 11.6 Å². The van der Waals surface area contributed by atoms with E-state index in [2.05, 4.69) is 5.32 Å². The average Bonchev–Trinajstić information content (AvgIpc) is 2.30. The molecule has 94 valence electrons. The molecule has 18 heavy (non-hydrogen) atoms. The molecule has 0 bridgehead atoms. The molecule has 0 aromatic heterocycles. The Balaban J connectivity index is 2.46. The fraction of sp³-hybridized carbons (Fsp3) is 0.0769. The Morgan fingerprint density at radius 3 is 2.44 bits per heavy atom. The molecular weight excluding hydrogens is 241 g/mol. The van der Waals surface area contributed by atoms with Crippen LogP contribution >= 0.6 is 0 Å². The van der Waals surface area contributed by atoms with Gasteiger partial charge in [-0.25, -0.2) is 13.2 Å². The van der Waals surface area contributed by atoms with Crippen LogP contribution in [0.3, 0.4) is 0 Å². The minimum absolute atomic E-state index is 0.000648. The van der Waals surface area contributed by atoms with Crippen molar-refractivity contribution in [2.45, 2.75) is 6.92 Å². The van der Waals surface area contributed by atoms with Crippen molar-refractivity contribution >= 4 is 17.1 Å². The summed E-state index contributed by atoms with van der Waals surface area (Å²) >= 11 is 0. The molecule has 0 spiro atoms. The highest BCUT2D eigenvalue weighted by molar-refractivity contribution is 5.74. The highest BCUT2D eigenvalue weighted by Crippen LogP contribution is 2.29. The van der Waals surface area contributed by atoms with Crippen molar-refractivity contribution in [3.05, 3.63) is 53.3 Å². The number of halogens is 3. The maximum Gasteiger partial charge on any atom is 0.151 e. The molecule has 0 unspecified atom stereocenters. The third-order valence-corrected chi connectivity index (χ3v) is 2.58. The second-order valence-electron chi connectivity index (χ2n) is 3.91. The Morgan fingerprint density at radius 2 is 1.78 bits per heavy atom. The van der Waals surface area contributed by atoms with E-state index in [-0.39, 0.29) is 17.1 Å². The van der Waals surface area contributed by atoms with Crippen LogP contribution < -0.4 is 11.1 Å². The first-order chi connectivity index (χ1) is 8.49. The van der Waals surface area contributed by atoms with Crippen molar-refractivity contribution < 1.29 is 13.2 Å². The van der Waals surface area contributed by atoms with Crippen molar-refractivity contribution in [3.8, 4) is 0 Å². The fourth-order valence-corrected chi connectivity index (χ4v) is 1.61. The van der Waals surface area contributed by atoms with Crippen LogP contribution in [0.25, 0.3) is 0 Å². The van der Waals surface area contributed by atoms with E-state index in [4.69, 9.17) is 5.73 Å². The molecule has 0 heterocycles. The van der Waals surface area contributed by atoms with E-state index in [1.807, 2.05) is 0 Å². The van der Waals surface area contributed by atoms with Gasteiger partial charge in [-0.1, -0.05) is 12.1 Å². The van der Waals surface area contributed by atoms with Gasteiger partial charge in [0.2, 0.25) is 0 Å². The van der Waals surface area contributed by atoms with Crippen molar-refractivity contribution in [1.29, 1.82) is 0 Å². The van der Waals surface area contributed by atoms with Gasteiger partial charge in [-0.2, -0.15) is 0 Å². The number of nitrogen functional groups attached to an aromatic ring is 1. The number of para-hydroxylation sites is 1. The van der Waals surface area contributed by atoms with Crippen molar-refractivity contribution in [2.24, 2.45) is 0 Å². The average molecular weight is 252 g/mol. The Hall–Kier alpha value is -2.17. The van der Waals surface area contributed by atoms with E-state index in [9.17, 15) is 13.2 Å². The zero-order chi connectivity index (χ0) is 13.3. The lowest BCUT2D eigenvalue weighted by atomic mass is 10.1. The summed E-state index contributed by atoms with van der Waals surface area (Å²) in [5, 5.41) is 2.61. The highest BCUT2D eigenvalue weighted by Gasteiger charge is 2.11. The largest absolute Gasteiger partial charge is 0.395 e. The molecule has 5 heteroatoms. The molecule has 0 saturated carbocycles. The standard InChI is InChI=1S/C13H11F3N2/c1-7-3-2-4-9(15)13(7)18-11-6-8(14)5-10(16)12(11)17/h2-6,18H,17H2,1H3. The topological polar surface area (TPSA) is 38.0 Å². The molecule has 2 aromatic carbocycles. The third kappa shape index (κ3) is 2.25. The molecule has 0 aliphatic rings. The van der Waals surface area contributed by atoms with E-state index < -0.39 is 17.5 Å². The van der Waals surface area contributed by atoms with Crippen molar-refractivity contribution in [1.82, 2.24) is 0 Å². The Bertz CT molecular complexity index is 577. The molecule has 2 aromatic rings. The Kier molecular flexibility index (Phi) is 3.14. The zero-order valence-corrected chi connectivity index (χ0v) is 9.60. The number of rotatable bonds is 2. The van der Waals surface area contributed by atoms with Gasteiger partial charge in [-0.15, -0.1) is 0 Å². The van der Waals surface area contributed by atoms with Gasteiger partial charge in [-0.05, 0) is 24.6 Å². The molecule has 2 rings (SSSR count). The lowest BCUT2D eigenvalue weighted by molar-refractivity contribution is 0.587. The molecule has 0 radical (unpaired) electrons. The van der Waals surface area contributed by atoms with Crippen LogP contribution in [0.1, 0.15) is 5.56 Å². The van der Waals surface area contributed by atoms with Gasteiger partial charge in [-0.3, -0.25) is 0 Å². The van der Waals surface area contributed by atoms with Gasteiger partial charge in [0.15, 0.2) is 5.82 Å². The number of nitrogens with two attached hydrogens (primary N) is 1. The van der Waals surface area contributed by atoms with E-state index >= 15 is 0 Å². The molecule has 3 N–H and O–H groups in total. The number of aryl methyl sites for hydroxylation is 1. The summed E-state index contributed by atoms with van der Waals surface area (Å²) in [5.74, 6) is -2.18. The van der Waals surface area contributed by atoms with E-state index in [1.165, 1.54) is 6.07 Å². The van der Waals surface area contributed by atoms with Crippen LogP contribution in [0.2, 0.25) is 0 Å². The molecule has 0 aliphatic heterocycles. The lowest BCUT2D eigenvalue weighted by Crippen LogP contribution is -2.02. The Labute approximate surface area is 102 Å². The maximum atomic E-state index is 13.6. The minimum atomic E-state index is -0.883.